The minimum absolute atomic E-state index is 0.0141. The molecule has 3 amide bonds. The van der Waals surface area contributed by atoms with Crippen LogP contribution in [0.25, 0.3) is 0 Å². The largest absolute Gasteiger partial charge is 0.490 e. The molecule has 3 heterocycles. The lowest BCUT2D eigenvalue weighted by Crippen LogP contribution is -2.54. The first kappa shape index (κ1) is 24.5. The van der Waals surface area contributed by atoms with E-state index < -0.39 is 36.7 Å². The number of benzene rings is 1. The van der Waals surface area contributed by atoms with Crippen molar-refractivity contribution in [1.29, 1.82) is 0 Å². The molecule has 4 rings (SSSR count). The standard InChI is InChI=1S/C22H23F3N4O6/c1-29-15-4-3-13(9-19(30)26-11-22(23,24)25)34-18(15)10-33-16-5-2-12(8-14(16)21(29)32)28-20(31)17-6-7-27-35-17/h2,5-8,13,15,18H,3-4,9-11H2,1H3,(H,26,30)(H,28,31)/t13-,15+,18-/m1/s1. The number of alkyl halides is 3. The summed E-state index contributed by atoms with van der Waals surface area (Å²) in [5.41, 5.74) is 0.604. The van der Waals surface area contributed by atoms with E-state index in [9.17, 15) is 27.6 Å². The van der Waals surface area contributed by atoms with E-state index in [0.29, 0.717) is 18.5 Å². The number of anilines is 1. The lowest BCUT2D eigenvalue weighted by atomic mass is 9.94. The molecule has 1 fully saturated rings. The molecule has 2 aliphatic heterocycles. The topological polar surface area (TPSA) is 123 Å². The normalized spacial score (nSPS) is 22.2. The highest BCUT2D eigenvalue weighted by molar-refractivity contribution is 6.04. The molecule has 0 bridgehead atoms. The molecule has 0 aliphatic carbocycles. The zero-order valence-corrected chi connectivity index (χ0v) is 18.6. The van der Waals surface area contributed by atoms with Crippen LogP contribution in [0, 0.1) is 0 Å². The van der Waals surface area contributed by atoms with Crippen molar-refractivity contribution in [3.05, 3.63) is 41.8 Å². The van der Waals surface area contributed by atoms with Gasteiger partial charge in [-0.25, -0.2) is 0 Å². The molecule has 0 saturated carbocycles. The van der Waals surface area contributed by atoms with Gasteiger partial charge in [0.1, 0.15) is 25.0 Å². The maximum atomic E-state index is 13.2. The quantitative estimate of drug-likeness (QED) is 0.652. The molecule has 3 atom stereocenters. The minimum Gasteiger partial charge on any atom is -0.490 e. The van der Waals surface area contributed by atoms with Crippen LogP contribution >= 0.6 is 0 Å². The van der Waals surface area contributed by atoms with Gasteiger partial charge in [0, 0.05) is 18.8 Å². The fourth-order valence-electron chi connectivity index (χ4n) is 4.11. The van der Waals surface area contributed by atoms with E-state index in [4.69, 9.17) is 14.0 Å². The number of hydrogen-bond donors (Lipinski definition) is 2. The zero-order valence-electron chi connectivity index (χ0n) is 18.6. The zero-order chi connectivity index (χ0) is 25.2. The predicted octanol–water partition coefficient (Wildman–Crippen LogP) is 2.38. The highest BCUT2D eigenvalue weighted by Crippen LogP contribution is 2.32. The van der Waals surface area contributed by atoms with Crippen molar-refractivity contribution in [3.63, 3.8) is 0 Å². The van der Waals surface area contributed by atoms with Gasteiger partial charge in [0.25, 0.3) is 11.8 Å². The number of carbonyl (C=O) groups is 3. The summed E-state index contributed by atoms with van der Waals surface area (Å²) in [5.74, 6) is -1.34. The number of aromatic nitrogens is 1. The first-order valence-corrected chi connectivity index (χ1v) is 10.9. The van der Waals surface area contributed by atoms with Crippen molar-refractivity contribution >= 4 is 23.4 Å². The van der Waals surface area contributed by atoms with Crippen LogP contribution in [-0.4, -0.2) is 72.4 Å². The Labute approximate surface area is 197 Å². The monoisotopic (exact) mass is 496 g/mol. The molecule has 0 radical (unpaired) electrons. The Morgan fingerprint density at radius 3 is 2.74 bits per heavy atom. The van der Waals surface area contributed by atoms with E-state index in [1.165, 1.54) is 23.2 Å². The number of hydrogen-bond acceptors (Lipinski definition) is 7. The Kier molecular flexibility index (Phi) is 6.96. The van der Waals surface area contributed by atoms with E-state index in [0.717, 1.165) is 0 Å². The first-order valence-electron chi connectivity index (χ1n) is 10.9. The average molecular weight is 496 g/mol. The van der Waals surface area contributed by atoms with Gasteiger partial charge in [-0.15, -0.1) is 0 Å². The van der Waals surface area contributed by atoms with Crippen molar-refractivity contribution in [2.24, 2.45) is 0 Å². The van der Waals surface area contributed by atoms with Crippen molar-refractivity contribution in [3.8, 4) is 5.75 Å². The molecule has 10 nitrogen and oxygen atoms in total. The first-order chi connectivity index (χ1) is 16.6. The highest BCUT2D eigenvalue weighted by atomic mass is 19.4. The van der Waals surface area contributed by atoms with Gasteiger partial charge in [0.05, 0.1) is 30.3 Å². The predicted molar refractivity (Wildman–Crippen MR) is 114 cm³/mol. The molecule has 0 spiro atoms. The van der Waals surface area contributed by atoms with E-state index in [1.54, 1.807) is 19.2 Å². The fraction of sp³-hybridized carbons (Fsp3) is 0.455. The summed E-state index contributed by atoms with van der Waals surface area (Å²) in [5, 5.41) is 7.96. The molecule has 2 aromatic rings. The van der Waals surface area contributed by atoms with Gasteiger partial charge >= 0.3 is 6.18 Å². The second-order valence-electron chi connectivity index (χ2n) is 8.31. The van der Waals surface area contributed by atoms with Gasteiger partial charge in [-0.1, -0.05) is 5.16 Å². The third-order valence-corrected chi connectivity index (χ3v) is 5.83. The lowest BCUT2D eigenvalue weighted by molar-refractivity contribution is -0.144. The number of ether oxygens (including phenoxy) is 2. The Morgan fingerprint density at radius 2 is 2.03 bits per heavy atom. The Morgan fingerprint density at radius 1 is 1.23 bits per heavy atom. The highest BCUT2D eigenvalue weighted by Gasteiger charge is 2.39. The van der Waals surface area contributed by atoms with Crippen molar-refractivity contribution in [2.45, 2.75) is 43.7 Å². The van der Waals surface area contributed by atoms with E-state index >= 15 is 0 Å². The van der Waals surface area contributed by atoms with Crippen LogP contribution in [-0.2, 0) is 9.53 Å². The van der Waals surface area contributed by atoms with Gasteiger partial charge in [-0.2, -0.15) is 13.2 Å². The van der Waals surface area contributed by atoms with Gasteiger partial charge in [-0.3, -0.25) is 14.4 Å². The molecule has 188 valence electrons. The van der Waals surface area contributed by atoms with Crippen LogP contribution < -0.4 is 15.4 Å². The van der Waals surface area contributed by atoms with E-state index in [2.05, 4.69) is 10.5 Å². The number of halogens is 3. The van der Waals surface area contributed by atoms with Gasteiger partial charge in [0.15, 0.2) is 0 Å². The molecule has 2 N–H and O–H groups in total. The van der Waals surface area contributed by atoms with Crippen LogP contribution in [0.2, 0.25) is 0 Å². The summed E-state index contributed by atoms with van der Waals surface area (Å²) in [4.78, 5) is 38.9. The smallest absolute Gasteiger partial charge is 0.405 e. The molecule has 1 aromatic heterocycles. The number of likely N-dealkylation sites (N-methyl/N-ethyl adjacent to an activating group) is 1. The summed E-state index contributed by atoms with van der Waals surface area (Å²) in [6.45, 7) is -1.33. The summed E-state index contributed by atoms with van der Waals surface area (Å²) >= 11 is 0. The summed E-state index contributed by atoms with van der Waals surface area (Å²) < 4.78 is 53.6. The molecular formula is C22H23F3N4O6. The number of nitrogens with zero attached hydrogens (tertiary/aromatic N) is 2. The van der Waals surface area contributed by atoms with Gasteiger partial charge < -0.3 is 29.5 Å². The SMILES string of the molecule is CN1C(=O)c2cc(NC(=O)c3ccno3)ccc2OC[C@H]2O[C@@H](CC(=O)NCC(F)(F)F)CC[C@@H]21. The molecule has 1 aromatic carbocycles. The van der Waals surface area contributed by atoms with Crippen molar-refractivity contribution < 1.29 is 41.6 Å². The third-order valence-electron chi connectivity index (χ3n) is 5.83. The van der Waals surface area contributed by atoms with Crippen molar-refractivity contribution in [2.75, 3.05) is 25.5 Å². The van der Waals surface area contributed by atoms with Crippen LogP contribution in [0.15, 0.2) is 35.0 Å². The second-order valence-corrected chi connectivity index (χ2v) is 8.31. The average Bonchev–Trinajstić information content (AvgIpc) is 3.35. The summed E-state index contributed by atoms with van der Waals surface area (Å²) in [6, 6.07) is 5.65. The van der Waals surface area contributed by atoms with Crippen LogP contribution in [0.1, 0.15) is 40.2 Å². The van der Waals surface area contributed by atoms with Gasteiger partial charge in [0.2, 0.25) is 11.7 Å². The molecule has 2 aliphatic rings. The van der Waals surface area contributed by atoms with Crippen molar-refractivity contribution in [1.82, 2.24) is 15.4 Å². The number of rotatable bonds is 5. The maximum absolute atomic E-state index is 13.2. The Bertz CT molecular complexity index is 1090. The fourth-order valence-corrected chi connectivity index (χ4v) is 4.11. The number of fused-ring (bicyclic) bond motifs is 2. The lowest BCUT2D eigenvalue weighted by Gasteiger charge is -2.42. The molecule has 0 unspecified atom stereocenters. The maximum Gasteiger partial charge on any atom is 0.405 e. The number of nitrogens with one attached hydrogen (secondary N) is 2. The molecule has 1 saturated heterocycles. The van der Waals surface area contributed by atoms with E-state index in [1.807, 2.05) is 5.32 Å². The minimum atomic E-state index is -4.49. The summed E-state index contributed by atoms with van der Waals surface area (Å²) in [6.07, 6.45) is -3.67. The van der Waals surface area contributed by atoms with Crippen LogP contribution in [0.4, 0.5) is 18.9 Å². The number of carbonyl (C=O) groups excluding carboxylic acids is 3. The van der Waals surface area contributed by atoms with Crippen LogP contribution in [0.3, 0.4) is 0 Å². The molecule has 13 heteroatoms. The number of amides is 3. The third kappa shape index (κ3) is 5.91. The second kappa shape index (κ2) is 9.94. The van der Waals surface area contributed by atoms with E-state index in [-0.39, 0.29) is 42.0 Å². The van der Waals surface area contributed by atoms with Gasteiger partial charge in [-0.05, 0) is 31.0 Å². The summed E-state index contributed by atoms with van der Waals surface area (Å²) in [7, 11) is 1.62. The molecule has 35 heavy (non-hydrogen) atoms. The van der Waals surface area contributed by atoms with Crippen LogP contribution in [0.5, 0.6) is 5.75 Å². The Hall–Kier alpha value is -3.61. The Balaban J connectivity index is 1.43. The molecular weight excluding hydrogens is 473 g/mol.